The van der Waals surface area contributed by atoms with Gasteiger partial charge in [-0.05, 0) is 48.2 Å². The molecule has 1 nitrogen and oxygen atoms in total. The molecule has 0 radical (unpaired) electrons. The van der Waals surface area contributed by atoms with Gasteiger partial charge in [0.1, 0.15) is 5.82 Å². The average molecular weight is 285 g/mol. The molecule has 1 unspecified atom stereocenters. The first-order valence-electron chi connectivity index (χ1n) is 7.82. The van der Waals surface area contributed by atoms with Crippen molar-refractivity contribution in [3.05, 3.63) is 71.0 Å². The number of hydrogen-bond donors (Lipinski definition) is 1. The quantitative estimate of drug-likeness (QED) is 0.765. The van der Waals surface area contributed by atoms with E-state index in [2.05, 4.69) is 43.4 Å². The Balaban J connectivity index is 2.30. The van der Waals surface area contributed by atoms with Gasteiger partial charge in [0.25, 0.3) is 0 Å². The van der Waals surface area contributed by atoms with Crippen molar-refractivity contribution in [2.24, 2.45) is 0 Å². The molecule has 2 aromatic carbocycles. The van der Waals surface area contributed by atoms with Crippen LogP contribution in [-0.4, -0.2) is 6.54 Å². The molecule has 21 heavy (non-hydrogen) atoms. The van der Waals surface area contributed by atoms with E-state index in [1.54, 1.807) is 0 Å². The topological polar surface area (TPSA) is 12.0 Å². The maximum Gasteiger partial charge on any atom is 0.123 e. The van der Waals surface area contributed by atoms with Gasteiger partial charge in [-0.25, -0.2) is 4.39 Å². The highest BCUT2D eigenvalue weighted by Crippen LogP contribution is 2.23. The number of nitrogens with one attached hydrogen (secondary N) is 1. The summed E-state index contributed by atoms with van der Waals surface area (Å²) in [7, 11) is 0. The van der Waals surface area contributed by atoms with Crippen LogP contribution in [0.3, 0.4) is 0 Å². The zero-order valence-electron chi connectivity index (χ0n) is 12.9. The second-order valence-corrected chi connectivity index (χ2v) is 5.43. The smallest absolute Gasteiger partial charge is 0.123 e. The Kier molecular flexibility index (Phi) is 5.94. The van der Waals surface area contributed by atoms with Crippen LogP contribution in [0.2, 0.25) is 0 Å². The number of rotatable bonds is 7. The molecule has 0 saturated heterocycles. The van der Waals surface area contributed by atoms with Gasteiger partial charge < -0.3 is 5.32 Å². The third kappa shape index (κ3) is 4.40. The van der Waals surface area contributed by atoms with Crippen LogP contribution < -0.4 is 5.32 Å². The predicted molar refractivity (Wildman–Crippen MR) is 87.0 cm³/mol. The van der Waals surface area contributed by atoms with Crippen LogP contribution in [0.1, 0.15) is 49.4 Å². The van der Waals surface area contributed by atoms with Gasteiger partial charge in [-0.15, -0.1) is 0 Å². The zero-order chi connectivity index (χ0) is 15.1. The normalized spacial score (nSPS) is 12.3. The minimum absolute atomic E-state index is 0.127. The lowest BCUT2D eigenvalue weighted by Crippen LogP contribution is -2.23. The molecule has 1 N–H and O–H groups in total. The molecule has 0 fully saturated rings. The van der Waals surface area contributed by atoms with Gasteiger partial charge in [0.05, 0.1) is 6.04 Å². The molecule has 0 aromatic heterocycles. The number of hydrogen-bond acceptors (Lipinski definition) is 1. The molecule has 0 aliphatic carbocycles. The third-order valence-electron chi connectivity index (χ3n) is 3.62. The summed E-state index contributed by atoms with van der Waals surface area (Å²) in [5.74, 6) is -0.187. The first-order valence-corrected chi connectivity index (χ1v) is 7.82. The van der Waals surface area contributed by atoms with E-state index in [9.17, 15) is 4.39 Å². The van der Waals surface area contributed by atoms with Crippen molar-refractivity contribution in [2.45, 2.75) is 39.2 Å². The summed E-state index contributed by atoms with van der Waals surface area (Å²) in [6.07, 6.45) is 3.32. The minimum atomic E-state index is -0.187. The molecule has 0 saturated carbocycles. The van der Waals surface area contributed by atoms with E-state index in [4.69, 9.17) is 0 Å². The maximum atomic E-state index is 13.1. The Bertz CT molecular complexity index is 548. The van der Waals surface area contributed by atoms with Crippen LogP contribution in [-0.2, 0) is 6.42 Å². The first-order chi connectivity index (χ1) is 10.2. The molecular weight excluding hydrogens is 261 g/mol. The molecule has 0 bridgehead atoms. The van der Waals surface area contributed by atoms with Gasteiger partial charge in [0.15, 0.2) is 0 Å². The van der Waals surface area contributed by atoms with E-state index >= 15 is 0 Å². The van der Waals surface area contributed by atoms with E-state index in [0.717, 1.165) is 31.4 Å². The summed E-state index contributed by atoms with van der Waals surface area (Å²) in [6, 6.07) is 15.6. The molecule has 1 atom stereocenters. The molecule has 0 aliphatic heterocycles. The highest BCUT2D eigenvalue weighted by Gasteiger charge is 2.13. The standard InChI is InChI=1S/C19H24FN/c1-3-6-15-7-5-8-17(14-15)19(21-13-4-2)16-9-11-18(20)12-10-16/h5,7-12,14,19,21H,3-4,6,13H2,1-2H3. The fourth-order valence-corrected chi connectivity index (χ4v) is 2.59. The Hall–Kier alpha value is -1.67. The third-order valence-corrected chi connectivity index (χ3v) is 3.62. The Morgan fingerprint density at radius 3 is 2.38 bits per heavy atom. The fraction of sp³-hybridized carbons (Fsp3) is 0.368. The molecule has 0 amide bonds. The van der Waals surface area contributed by atoms with Gasteiger partial charge in [-0.2, -0.15) is 0 Å². The molecule has 112 valence electrons. The summed E-state index contributed by atoms with van der Waals surface area (Å²) < 4.78 is 13.1. The van der Waals surface area contributed by atoms with E-state index in [0.29, 0.717) is 0 Å². The largest absolute Gasteiger partial charge is 0.306 e. The highest BCUT2D eigenvalue weighted by molar-refractivity contribution is 5.34. The van der Waals surface area contributed by atoms with Gasteiger partial charge in [0, 0.05) is 0 Å². The van der Waals surface area contributed by atoms with Crippen LogP contribution >= 0.6 is 0 Å². The zero-order valence-corrected chi connectivity index (χ0v) is 12.9. The lowest BCUT2D eigenvalue weighted by molar-refractivity contribution is 0.592. The molecule has 0 heterocycles. The summed E-state index contributed by atoms with van der Waals surface area (Å²) in [4.78, 5) is 0. The molecule has 0 spiro atoms. The monoisotopic (exact) mass is 285 g/mol. The predicted octanol–water partition coefficient (Wildman–Crippen LogP) is 4.87. The van der Waals surface area contributed by atoms with E-state index in [1.165, 1.54) is 23.3 Å². The summed E-state index contributed by atoms with van der Waals surface area (Å²) in [5, 5.41) is 3.57. The van der Waals surface area contributed by atoms with Gasteiger partial charge >= 0.3 is 0 Å². The van der Waals surface area contributed by atoms with Crippen LogP contribution in [0.25, 0.3) is 0 Å². The van der Waals surface area contributed by atoms with Crippen molar-refractivity contribution in [1.82, 2.24) is 5.32 Å². The number of aryl methyl sites for hydroxylation is 1. The Morgan fingerprint density at radius 1 is 0.952 bits per heavy atom. The molecule has 0 aliphatic rings. The van der Waals surface area contributed by atoms with Gasteiger partial charge in [0.2, 0.25) is 0 Å². The van der Waals surface area contributed by atoms with Crippen molar-refractivity contribution in [3.63, 3.8) is 0 Å². The van der Waals surface area contributed by atoms with Crippen LogP contribution in [0.5, 0.6) is 0 Å². The molecule has 2 aromatic rings. The number of benzene rings is 2. The van der Waals surface area contributed by atoms with Crippen molar-refractivity contribution in [2.75, 3.05) is 6.54 Å². The van der Waals surface area contributed by atoms with Gasteiger partial charge in [-0.3, -0.25) is 0 Å². The van der Waals surface area contributed by atoms with E-state index < -0.39 is 0 Å². The van der Waals surface area contributed by atoms with Crippen molar-refractivity contribution < 1.29 is 4.39 Å². The lowest BCUT2D eigenvalue weighted by Gasteiger charge is -2.20. The second-order valence-electron chi connectivity index (χ2n) is 5.43. The summed E-state index contributed by atoms with van der Waals surface area (Å²) >= 11 is 0. The number of halogens is 1. The van der Waals surface area contributed by atoms with Crippen LogP contribution in [0, 0.1) is 5.82 Å². The lowest BCUT2D eigenvalue weighted by atomic mass is 9.96. The average Bonchev–Trinajstić information content (AvgIpc) is 2.50. The summed E-state index contributed by atoms with van der Waals surface area (Å²) in [5.41, 5.74) is 3.72. The second kappa shape index (κ2) is 7.94. The Labute approximate surface area is 127 Å². The van der Waals surface area contributed by atoms with Crippen molar-refractivity contribution in [3.8, 4) is 0 Å². The minimum Gasteiger partial charge on any atom is -0.306 e. The summed E-state index contributed by atoms with van der Waals surface area (Å²) in [6.45, 7) is 5.29. The maximum absolute atomic E-state index is 13.1. The molecule has 2 rings (SSSR count). The SMILES string of the molecule is CCCNC(c1ccc(F)cc1)c1cccc(CCC)c1. The van der Waals surface area contributed by atoms with Crippen molar-refractivity contribution in [1.29, 1.82) is 0 Å². The van der Waals surface area contributed by atoms with E-state index in [1.807, 2.05) is 12.1 Å². The van der Waals surface area contributed by atoms with Crippen molar-refractivity contribution >= 4 is 0 Å². The molecule has 2 heteroatoms. The van der Waals surface area contributed by atoms with Crippen LogP contribution in [0.15, 0.2) is 48.5 Å². The highest BCUT2D eigenvalue weighted by atomic mass is 19.1. The van der Waals surface area contributed by atoms with Crippen LogP contribution in [0.4, 0.5) is 4.39 Å². The Morgan fingerprint density at radius 2 is 1.71 bits per heavy atom. The fourth-order valence-electron chi connectivity index (χ4n) is 2.59. The van der Waals surface area contributed by atoms with E-state index in [-0.39, 0.29) is 11.9 Å². The molecular formula is C19H24FN. The first kappa shape index (κ1) is 15.7. The van der Waals surface area contributed by atoms with Gasteiger partial charge in [-0.1, -0.05) is 56.7 Å².